The van der Waals surface area contributed by atoms with Crippen LogP contribution in [0.5, 0.6) is 5.75 Å². The molecule has 1 aliphatic rings. The molecular weight excluding hydrogens is 426 g/mol. The summed E-state index contributed by atoms with van der Waals surface area (Å²) >= 11 is 0. The Morgan fingerprint density at radius 2 is 1.78 bits per heavy atom. The van der Waals surface area contributed by atoms with Crippen molar-refractivity contribution in [3.05, 3.63) is 59.7 Å². The van der Waals surface area contributed by atoms with Crippen molar-refractivity contribution in [2.45, 2.75) is 45.4 Å². The average molecular weight is 460 g/mol. The standard InChI is InChI=1S/C24H33N3O4S/c1-4-23(31-22-12-10-21(11-13-22)26(2)32(3,29)30)24(28)25-17-19-8-7-9-20(16-19)18-27-14-5-6-15-27/h7-13,16,23H,4-6,14-15,17-18H2,1-3H3,(H,25,28)/t23-/m1/s1. The molecule has 1 aliphatic heterocycles. The summed E-state index contributed by atoms with van der Waals surface area (Å²) in [5.41, 5.74) is 2.87. The Kier molecular flexibility index (Phi) is 8.15. The first-order valence-electron chi connectivity index (χ1n) is 11.0. The van der Waals surface area contributed by atoms with Crippen LogP contribution < -0.4 is 14.4 Å². The predicted molar refractivity (Wildman–Crippen MR) is 127 cm³/mol. The van der Waals surface area contributed by atoms with E-state index in [1.54, 1.807) is 24.3 Å². The minimum atomic E-state index is -3.33. The molecule has 2 aromatic rings. The van der Waals surface area contributed by atoms with Gasteiger partial charge in [-0.25, -0.2) is 8.42 Å². The highest BCUT2D eigenvalue weighted by atomic mass is 32.2. The van der Waals surface area contributed by atoms with E-state index in [1.807, 2.05) is 19.1 Å². The fourth-order valence-corrected chi connectivity index (χ4v) is 4.26. The van der Waals surface area contributed by atoms with Crippen LogP contribution in [0.4, 0.5) is 5.69 Å². The van der Waals surface area contributed by atoms with Gasteiger partial charge < -0.3 is 10.1 Å². The molecule has 32 heavy (non-hydrogen) atoms. The summed E-state index contributed by atoms with van der Waals surface area (Å²) in [6.45, 7) is 5.61. The average Bonchev–Trinajstić information content (AvgIpc) is 3.28. The summed E-state index contributed by atoms with van der Waals surface area (Å²) in [7, 11) is -1.83. The molecular formula is C24H33N3O4S. The number of carbonyl (C=O) groups excluding carboxylic acids is 1. The smallest absolute Gasteiger partial charge is 0.261 e. The Labute approximate surface area is 191 Å². The molecule has 3 rings (SSSR count). The SMILES string of the molecule is CC[C@@H](Oc1ccc(N(C)S(C)(=O)=O)cc1)C(=O)NCc1cccc(CN2CCCC2)c1. The maximum atomic E-state index is 12.7. The Bertz CT molecular complexity index is 1000. The summed E-state index contributed by atoms with van der Waals surface area (Å²) in [6.07, 6.45) is 3.58. The number of likely N-dealkylation sites (tertiary alicyclic amines) is 1. The maximum Gasteiger partial charge on any atom is 0.261 e. The van der Waals surface area contributed by atoms with E-state index in [4.69, 9.17) is 4.74 Å². The predicted octanol–water partition coefficient (Wildman–Crippen LogP) is 3.15. The molecule has 1 N–H and O–H groups in total. The zero-order valence-corrected chi connectivity index (χ0v) is 19.9. The number of rotatable bonds is 10. The monoisotopic (exact) mass is 459 g/mol. The van der Waals surface area contributed by atoms with Crippen molar-refractivity contribution in [2.75, 3.05) is 30.7 Å². The Balaban J connectivity index is 1.54. The summed E-state index contributed by atoms with van der Waals surface area (Å²) < 4.78 is 30.4. The fourth-order valence-electron chi connectivity index (χ4n) is 3.75. The number of anilines is 1. The van der Waals surface area contributed by atoms with E-state index >= 15 is 0 Å². The second-order valence-electron chi connectivity index (χ2n) is 8.26. The Morgan fingerprint density at radius 3 is 2.41 bits per heavy atom. The van der Waals surface area contributed by atoms with Crippen LogP contribution in [0.3, 0.4) is 0 Å². The van der Waals surface area contributed by atoms with Crippen LogP contribution in [0.15, 0.2) is 48.5 Å². The summed E-state index contributed by atoms with van der Waals surface area (Å²) in [5.74, 6) is 0.347. The number of benzene rings is 2. The largest absolute Gasteiger partial charge is 0.481 e. The second kappa shape index (κ2) is 10.8. The number of hydrogen-bond acceptors (Lipinski definition) is 5. The summed E-state index contributed by atoms with van der Waals surface area (Å²) in [5, 5.41) is 2.98. The lowest BCUT2D eigenvalue weighted by atomic mass is 10.1. The van der Waals surface area contributed by atoms with Gasteiger partial charge in [0.05, 0.1) is 11.9 Å². The van der Waals surface area contributed by atoms with E-state index < -0.39 is 16.1 Å². The third-order valence-corrected chi connectivity index (χ3v) is 6.91. The highest BCUT2D eigenvalue weighted by Crippen LogP contribution is 2.21. The van der Waals surface area contributed by atoms with E-state index in [9.17, 15) is 13.2 Å². The number of carbonyl (C=O) groups is 1. The Morgan fingerprint density at radius 1 is 1.12 bits per heavy atom. The zero-order chi connectivity index (χ0) is 23.1. The lowest BCUT2D eigenvalue weighted by Gasteiger charge is -2.20. The molecule has 1 heterocycles. The second-order valence-corrected chi connectivity index (χ2v) is 10.3. The lowest BCUT2D eigenvalue weighted by Crippen LogP contribution is -2.37. The van der Waals surface area contributed by atoms with Crippen molar-refractivity contribution < 1.29 is 17.9 Å². The molecule has 0 aliphatic carbocycles. The van der Waals surface area contributed by atoms with Gasteiger partial charge in [-0.1, -0.05) is 31.2 Å². The van der Waals surface area contributed by atoms with Crippen LogP contribution in [0.2, 0.25) is 0 Å². The topological polar surface area (TPSA) is 78.9 Å². The molecule has 1 fully saturated rings. The number of amides is 1. The zero-order valence-electron chi connectivity index (χ0n) is 19.1. The van der Waals surface area contributed by atoms with Crippen LogP contribution >= 0.6 is 0 Å². The van der Waals surface area contributed by atoms with Gasteiger partial charge in [0.2, 0.25) is 10.0 Å². The Hall–Kier alpha value is -2.58. The van der Waals surface area contributed by atoms with Gasteiger partial charge in [0.1, 0.15) is 5.75 Å². The molecule has 0 unspecified atom stereocenters. The van der Waals surface area contributed by atoms with Crippen molar-refractivity contribution in [3.8, 4) is 5.75 Å². The molecule has 0 spiro atoms. The van der Waals surface area contributed by atoms with Crippen molar-refractivity contribution in [1.82, 2.24) is 10.2 Å². The minimum Gasteiger partial charge on any atom is -0.481 e. The van der Waals surface area contributed by atoms with Gasteiger partial charge in [0.15, 0.2) is 6.10 Å². The van der Waals surface area contributed by atoms with Crippen LogP contribution in [0.1, 0.15) is 37.3 Å². The summed E-state index contributed by atoms with van der Waals surface area (Å²) in [6, 6.07) is 15.0. The highest BCUT2D eigenvalue weighted by Gasteiger charge is 2.19. The molecule has 8 heteroatoms. The van der Waals surface area contributed by atoms with Crippen molar-refractivity contribution >= 4 is 21.6 Å². The molecule has 174 valence electrons. The first kappa shape index (κ1) is 24.1. The van der Waals surface area contributed by atoms with Gasteiger partial charge in [-0.05, 0) is 67.7 Å². The number of sulfonamides is 1. The summed E-state index contributed by atoms with van der Waals surface area (Å²) in [4.78, 5) is 15.1. The van der Waals surface area contributed by atoms with Crippen LogP contribution in [-0.4, -0.2) is 51.7 Å². The van der Waals surface area contributed by atoms with Gasteiger partial charge in [-0.3, -0.25) is 14.0 Å². The normalized spacial score (nSPS) is 15.3. The lowest BCUT2D eigenvalue weighted by molar-refractivity contribution is -0.128. The maximum absolute atomic E-state index is 12.7. The van der Waals surface area contributed by atoms with E-state index in [2.05, 4.69) is 22.3 Å². The quantitative estimate of drug-likeness (QED) is 0.591. The van der Waals surface area contributed by atoms with E-state index in [1.165, 1.54) is 29.8 Å². The van der Waals surface area contributed by atoms with Crippen molar-refractivity contribution in [2.24, 2.45) is 0 Å². The van der Waals surface area contributed by atoms with Gasteiger partial charge in [0, 0.05) is 20.1 Å². The van der Waals surface area contributed by atoms with E-state index in [-0.39, 0.29) is 5.91 Å². The highest BCUT2D eigenvalue weighted by molar-refractivity contribution is 7.92. The molecule has 1 atom stereocenters. The van der Waals surface area contributed by atoms with Crippen LogP contribution in [0, 0.1) is 0 Å². The minimum absolute atomic E-state index is 0.172. The molecule has 0 saturated carbocycles. The van der Waals surface area contributed by atoms with Gasteiger partial charge in [-0.15, -0.1) is 0 Å². The number of nitrogens with zero attached hydrogens (tertiary/aromatic N) is 2. The first-order valence-corrected chi connectivity index (χ1v) is 12.9. The fraction of sp³-hybridized carbons (Fsp3) is 0.458. The number of nitrogens with one attached hydrogen (secondary N) is 1. The molecule has 1 amide bonds. The van der Waals surface area contributed by atoms with Crippen molar-refractivity contribution in [1.29, 1.82) is 0 Å². The van der Waals surface area contributed by atoms with E-state index in [0.29, 0.717) is 24.4 Å². The first-order chi connectivity index (χ1) is 15.3. The van der Waals surface area contributed by atoms with Crippen LogP contribution in [0.25, 0.3) is 0 Å². The third-order valence-electron chi connectivity index (χ3n) is 5.70. The molecule has 1 saturated heterocycles. The molecule has 0 aromatic heterocycles. The number of hydrogen-bond donors (Lipinski definition) is 1. The third kappa shape index (κ3) is 6.71. The van der Waals surface area contributed by atoms with Gasteiger partial charge >= 0.3 is 0 Å². The molecule has 0 bridgehead atoms. The van der Waals surface area contributed by atoms with Gasteiger partial charge in [0.25, 0.3) is 5.91 Å². The molecule has 2 aromatic carbocycles. The number of ether oxygens (including phenoxy) is 1. The van der Waals surface area contributed by atoms with Crippen molar-refractivity contribution in [3.63, 3.8) is 0 Å². The molecule has 7 nitrogen and oxygen atoms in total. The van der Waals surface area contributed by atoms with Gasteiger partial charge in [-0.2, -0.15) is 0 Å². The van der Waals surface area contributed by atoms with E-state index in [0.717, 1.165) is 31.5 Å². The molecule has 0 radical (unpaired) electrons. The van der Waals surface area contributed by atoms with Crippen LogP contribution in [-0.2, 0) is 27.9 Å².